The number of rotatable bonds is 3. The summed E-state index contributed by atoms with van der Waals surface area (Å²) in [5.74, 6) is 0.477. The van der Waals surface area contributed by atoms with E-state index in [1.165, 1.54) is 6.07 Å². The maximum Gasteiger partial charge on any atom is 0.416 e. The number of hydrogen-bond donors (Lipinski definition) is 0. The van der Waals surface area contributed by atoms with Crippen molar-refractivity contribution in [2.24, 2.45) is 0 Å². The van der Waals surface area contributed by atoms with Gasteiger partial charge in [-0.2, -0.15) is 13.2 Å². The number of benzene rings is 1. The van der Waals surface area contributed by atoms with Gasteiger partial charge in [0.15, 0.2) is 11.5 Å². The van der Waals surface area contributed by atoms with Crippen LogP contribution in [0.4, 0.5) is 13.2 Å². The molecule has 0 N–H and O–H groups in total. The Balaban J connectivity index is 1.57. The van der Waals surface area contributed by atoms with Crippen molar-refractivity contribution in [1.29, 1.82) is 0 Å². The highest BCUT2D eigenvalue weighted by Crippen LogP contribution is 2.33. The molecule has 27 heavy (non-hydrogen) atoms. The number of pyridine rings is 1. The zero-order chi connectivity index (χ0) is 19.0. The van der Waals surface area contributed by atoms with Gasteiger partial charge in [-0.3, -0.25) is 9.20 Å². The molecule has 1 fully saturated rings. The van der Waals surface area contributed by atoms with E-state index in [0.717, 1.165) is 25.0 Å². The van der Waals surface area contributed by atoms with E-state index in [4.69, 9.17) is 0 Å². The SMILES string of the molecule is O=C(Cc1cccc(C(F)(F)F)c1)N1CCC[C@H]1c1nnc2ccccn12. The third kappa shape index (κ3) is 3.39. The molecule has 1 aliphatic rings. The van der Waals surface area contributed by atoms with E-state index < -0.39 is 11.7 Å². The molecule has 0 aliphatic carbocycles. The van der Waals surface area contributed by atoms with Crippen LogP contribution < -0.4 is 0 Å². The molecule has 2 aromatic heterocycles. The standard InChI is InChI=1S/C19H17F3N4O/c20-19(21,22)14-6-3-5-13(11-14)12-17(27)25-10-4-7-15(25)18-24-23-16-8-1-2-9-26(16)18/h1-3,5-6,8-9,11,15H,4,7,10,12H2/t15-/m0/s1. The van der Waals surface area contributed by atoms with E-state index >= 15 is 0 Å². The molecule has 0 spiro atoms. The number of likely N-dealkylation sites (tertiary alicyclic amines) is 1. The molecule has 3 aromatic rings. The monoisotopic (exact) mass is 374 g/mol. The molecule has 5 nitrogen and oxygen atoms in total. The number of carbonyl (C=O) groups is 1. The van der Waals surface area contributed by atoms with Gasteiger partial charge in [-0.1, -0.05) is 24.3 Å². The Labute approximate surface area is 153 Å². The molecule has 4 rings (SSSR count). The molecule has 1 aromatic carbocycles. The number of carbonyl (C=O) groups excluding carboxylic acids is 1. The molecule has 1 aliphatic heterocycles. The predicted octanol–water partition coefficient (Wildman–Crippen LogP) is 3.65. The number of nitrogens with zero attached hydrogens (tertiary/aromatic N) is 4. The highest BCUT2D eigenvalue weighted by molar-refractivity contribution is 5.79. The van der Waals surface area contributed by atoms with Crippen LogP contribution in [0.1, 0.15) is 35.8 Å². The van der Waals surface area contributed by atoms with Crippen LogP contribution >= 0.6 is 0 Å². The molecule has 1 amide bonds. The van der Waals surface area contributed by atoms with Crippen molar-refractivity contribution < 1.29 is 18.0 Å². The third-order valence-electron chi connectivity index (χ3n) is 4.82. The lowest BCUT2D eigenvalue weighted by Crippen LogP contribution is -2.32. The summed E-state index contributed by atoms with van der Waals surface area (Å²) < 4.78 is 40.5. The summed E-state index contributed by atoms with van der Waals surface area (Å²) in [6.07, 6.45) is -1.07. The lowest BCUT2D eigenvalue weighted by molar-refractivity contribution is -0.138. The van der Waals surface area contributed by atoms with Crippen LogP contribution in [0.2, 0.25) is 0 Å². The first-order valence-electron chi connectivity index (χ1n) is 8.69. The summed E-state index contributed by atoms with van der Waals surface area (Å²) >= 11 is 0. The lowest BCUT2D eigenvalue weighted by Gasteiger charge is -2.23. The summed E-state index contributed by atoms with van der Waals surface area (Å²) in [6, 6.07) is 10.3. The van der Waals surface area contributed by atoms with Crippen LogP contribution in [0.25, 0.3) is 5.65 Å². The van der Waals surface area contributed by atoms with Gasteiger partial charge >= 0.3 is 6.18 Å². The van der Waals surface area contributed by atoms with E-state index in [-0.39, 0.29) is 18.4 Å². The first-order chi connectivity index (χ1) is 12.9. The minimum Gasteiger partial charge on any atom is -0.332 e. The van der Waals surface area contributed by atoms with Gasteiger partial charge in [-0.15, -0.1) is 10.2 Å². The fourth-order valence-electron chi connectivity index (χ4n) is 3.55. The van der Waals surface area contributed by atoms with Crippen LogP contribution in [0.15, 0.2) is 48.7 Å². The average molecular weight is 374 g/mol. The highest BCUT2D eigenvalue weighted by Gasteiger charge is 2.34. The second-order valence-electron chi connectivity index (χ2n) is 6.61. The van der Waals surface area contributed by atoms with Gasteiger partial charge in [0, 0.05) is 12.7 Å². The quantitative estimate of drug-likeness (QED) is 0.703. The van der Waals surface area contributed by atoms with Crippen molar-refractivity contribution in [3.8, 4) is 0 Å². The summed E-state index contributed by atoms with van der Waals surface area (Å²) in [7, 11) is 0. The Kier molecular flexibility index (Phi) is 4.33. The second-order valence-corrected chi connectivity index (χ2v) is 6.61. The van der Waals surface area contributed by atoms with Crippen molar-refractivity contribution >= 4 is 11.6 Å². The maximum absolute atomic E-state index is 12.9. The number of fused-ring (bicyclic) bond motifs is 1. The molecule has 1 saturated heterocycles. The minimum atomic E-state index is -4.42. The van der Waals surface area contributed by atoms with E-state index in [1.54, 1.807) is 11.0 Å². The van der Waals surface area contributed by atoms with Crippen molar-refractivity contribution in [1.82, 2.24) is 19.5 Å². The summed E-state index contributed by atoms with van der Waals surface area (Å²) in [6.45, 7) is 0.560. The largest absolute Gasteiger partial charge is 0.416 e. The van der Waals surface area contributed by atoms with Crippen LogP contribution in [-0.4, -0.2) is 31.9 Å². The third-order valence-corrected chi connectivity index (χ3v) is 4.82. The molecular weight excluding hydrogens is 357 g/mol. The van der Waals surface area contributed by atoms with Gasteiger partial charge in [-0.25, -0.2) is 0 Å². The average Bonchev–Trinajstić information content (AvgIpc) is 3.27. The number of hydrogen-bond acceptors (Lipinski definition) is 3. The van der Waals surface area contributed by atoms with E-state index in [0.29, 0.717) is 23.6 Å². The zero-order valence-electron chi connectivity index (χ0n) is 14.4. The van der Waals surface area contributed by atoms with E-state index in [1.807, 2.05) is 28.8 Å². The number of alkyl halides is 3. The summed E-state index contributed by atoms with van der Waals surface area (Å²) in [4.78, 5) is 14.5. The van der Waals surface area contributed by atoms with Gasteiger partial charge in [0.05, 0.1) is 18.0 Å². The summed E-state index contributed by atoms with van der Waals surface area (Å²) in [5.41, 5.74) is 0.311. The van der Waals surface area contributed by atoms with Crippen LogP contribution in [0.3, 0.4) is 0 Å². The van der Waals surface area contributed by atoms with Crippen molar-refractivity contribution in [2.75, 3.05) is 6.54 Å². The first kappa shape index (κ1) is 17.5. The summed E-state index contributed by atoms with van der Waals surface area (Å²) in [5, 5.41) is 8.36. The van der Waals surface area contributed by atoms with Crippen molar-refractivity contribution in [3.63, 3.8) is 0 Å². The van der Waals surface area contributed by atoms with E-state index in [9.17, 15) is 18.0 Å². The van der Waals surface area contributed by atoms with E-state index in [2.05, 4.69) is 10.2 Å². The number of amides is 1. The van der Waals surface area contributed by atoms with Gasteiger partial charge in [0.1, 0.15) is 0 Å². The molecule has 8 heteroatoms. The van der Waals surface area contributed by atoms with Crippen LogP contribution in [0, 0.1) is 0 Å². The predicted molar refractivity (Wildman–Crippen MR) is 91.8 cm³/mol. The van der Waals surface area contributed by atoms with Crippen molar-refractivity contribution in [2.45, 2.75) is 31.5 Å². The van der Waals surface area contributed by atoms with Crippen molar-refractivity contribution in [3.05, 3.63) is 65.6 Å². The van der Waals surface area contributed by atoms with Gasteiger partial charge in [0.25, 0.3) is 0 Å². The normalized spacial score (nSPS) is 17.6. The number of halogens is 3. The molecule has 0 unspecified atom stereocenters. The smallest absolute Gasteiger partial charge is 0.332 e. The molecule has 140 valence electrons. The zero-order valence-corrected chi connectivity index (χ0v) is 14.4. The molecule has 0 saturated carbocycles. The van der Waals surface area contributed by atoms with Crippen LogP contribution in [-0.2, 0) is 17.4 Å². The Morgan fingerprint density at radius 1 is 1.15 bits per heavy atom. The number of aromatic nitrogens is 3. The Morgan fingerprint density at radius 2 is 2.00 bits per heavy atom. The fraction of sp³-hybridized carbons (Fsp3) is 0.316. The van der Waals surface area contributed by atoms with Gasteiger partial charge in [0.2, 0.25) is 5.91 Å². The molecule has 3 heterocycles. The van der Waals surface area contributed by atoms with Gasteiger partial charge < -0.3 is 4.90 Å². The molecule has 1 atom stereocenters. The minimum absolute atomic E-state index is 0.0723. The molecule has 0 radical (unpaired) electrons. The van der Waals surface area contributed by atoms with Crippen LogP contribution in [0.5, 0.6) is 0 Å². The molecule has 0 bridgehead atoms. The molecular formula is C19H17F3N4O. The Bertz CT molecular complexity index is 982. The Hall–Kier alpha value is -2.90. The topological polar surface area (TPSA) is 50.5 Å². The fourth-order valence-corrected chi connectivity index (χ4v) is 3.55. The Morgan fingerprint density at radius 3 is 2.81 bits per heavy atom. The first-order valence-corrected chi connectivity index (χ1v) is 8.69. The maximum atomic E-state index is 12.9. The second kappa shape index (κ2) is 6.68. The lowest BCUT2D eigenvalue weighted by atomic mass is 10.1. The highest BCUT2D eigenvalue weighted by atomic mass is 19.4. The van der Waals surface area contributed by atoms with Gasteiger partial charge in [-0.05, 0) is 36.6 Å².